The van der Waals surface area contributed by atoms with Gasteiger partial charge in [0.1, 0.15) is 16.9 Å². The van der Waals surface area contributed by atoms with Crippen LogP contribution in [0.5, 0.6) is 5.75 Å². The molecular weight excluding hydrogens is 346 g/mol. The minimum Gasteiger partial charge on any atom is -0.493 e. The maximum atomic E-state index is 13.1. The molecule has 150 valence electrons. The standard InChI is InChI=1S/C21H31NO5/c1-5-25-18-11-10-16(13-17(18)19(23)26-6-2)22-20(24)21(27-7-3)12-8-9-15(4)14-21/h10-11,13,15H,5-9,12,14H2,1-4H3,(H,22,24)/t15-,21+/m0/s1. The van der Waals surface area contributed by atoms with E-state index in [4.69, 9.17) is 14.2 Å². The molecule has 0 heterocycles. The summed E-state index contributed by atoms with van der Waals surface area (Å²) in [6.07, 6.45) is 3.48. The van der Waals surface area contributed by atoms with Crippen LogP contribution >= 0.6 is 0 Å². The number of rotatable bonds is 8. The van der Waals surface area contributed by atoms with Crippen LogP contribution in [0.2, 0.25) is 0 Å². The van der Waals surface area contributed by atoms with Gasteiger partial charge in [0.15, 0.2) is 0 Å². The van der Waals surface area contributed by atoms with E-state index in [1.54, 1.807) is 25.1 Å². The Labute approximate surface area is 161 Å². The van der Waals surface area contributed by atoms with E-state index in [1.807, 2.05) is 13.8 Å². The number of carbonyl (C=O) groups is 2. The molecule has 1 fully saturated rings. The summed E-state index contributed by atoms with van der Waals surface area (Å²) in [5.74, 6) is 0.254. The molecular formula is C21H31NO5. The molecule has 0 unspecified atom stereocenters. The summed E-state index contributed by atoms with van der Waals surface area (Å²) in [4.78, 5) is 25.3. The van der Waals surface area contributed by atoms with Crippen molar-refractivity contribution in [1.29, 1.82) is 0 Å². The van der Waals surface area contributed by atoms with E-state index in [2.05, 4.69) is 12.2 Å². The van der Waals surface area contributed by atoms with Gasteiger partial charge in [0.05, 0.1) is 13.2 Å². The molecule has 1 aromatic rings. The van der Waals surface area contributed by atoms with Crippen molar-refractivity contribution in [3.8, 4) is 5.75 Å². The van der Waals surface area contributed by atoms with E-state index < -0.39 is 11.6 Å². The van der Waals surface area contributed by atoms with Crippen LogP contribution in [0.4, 0.5) is 5.69 Å². The van der Waals surface area contributed by atoms with Gasteiger partial charge in [-0.2, -0.15) is 0 Å². The second-order valence-electron chi connectivity index (χ2n) is 6.95. The summed E-state index contributed by atoms with van der Waals surface area (Å²) < 4.78 is 16.5. The molecule has 0 aliphatic heterocycles. The van der Waals surface area contributed by atoms with Crippen LogP contribution in [0.1, 0.15) is 63.7 Å². The summed E-state index contributed by atoms with van der Waals surface area (Å²) in [6.45, 7) is 8.84. The number of nitrogens with one attached hydrogen (secondary N) is 1. The van der Waals surface area contributed by atoms with E-state index in [1.165, 1.54) is 0 Å². The first kappa shape index (κ1) is 21.2. The van der Waals surface area contributed by atoms with E-state index in [0.29, 0.717) is 49.0 Å². The fraction of sp³-hybridized carbons (Fsp3) is 0.619. The maximum Gasteiger partial charge on any atom is 0.341 e. The number of amides is 1. The zero-order valence-electron chi connectivity index (χ0n) is 16.8. The lowest BCUT2D eigenvalue weighted by Gasteiger charge is -2.38. The van der Waals surface area contributed by atoms with Gasteiger partial charge in [0.2, 0.25) is 0 Å². The zero-order chi connectivity index (χ0) is 19.9. The highest BCUT2D eigenvalue weighted by Gasteiger charge is 2.42. The highest BCUT2D eigenvalue weighted by Crippen LogP contribution is 2.36. The quantitative estimate of drug-likeness (QED) is 0.688. The van der Waals surface area contributed by atoms with E-state index in [-0.39, 0.29) is 12.5 Å². The Bertz CT molecular complexity index is 656. The molecule has 0 bridgehead atoms. The summed E-state index contributed by atoms with van der Waals surface area (Å²) in [6, 6.07) is 5.02. The van der Waals surface area contributed by atoms with Gasteiger partial charge in [-0.05, 0) is 64.2 Å². The lowest BCUT2D eigenvalue weighted by atomic mass is 9.78. The molecule has 0 aromatic heterocycles. The minimum absolute atomic E-state index is 0.158. The van der Waals surface area contributed by atoms with Crippen molar-refractivity contribution in [3.05, 3.63) is 23.8 Å². The SMILES string of the molecule is CCOC(=O)c1cc(NC(=O)[C@@]2(OCC)CCC[C@H](C)C2)ccc1OCC. The molecule has 2 atom stereocenters. The Morgan fingerprint density at radius 1 is 1.19 bits per heavy atom. The van der Waals surface area contributed by atoms with E-state index >= 15 is 0 Å². The van der Waals surface area contributed by atoms with Gasteiger partial charge < -0.3 is 19.5 Å². The number of anilines is 1. The van der Waals surface area contributed by atoms with Crippen LogP contribution in [0.3, 0.4) is 0 Å². The van der Waals surface area contributed by atoms with Gasteiger partial charge in [0, 0.05) is 12.3 Å². The molecule has 0 spiro atoms. The van der Waals surface area contributed by atoms with Gasteiger partial charge in [-0.3, -0.25) is 4.79 Å². The third kappa shape index (κ3) is 5.22. The Morgan fingerprint density at radius 3 is 2.59 bits per heavy atom. The van der Waals surface area contributed by atoms with Crippen molar-refractivity contribution in [2.75, 3.05) is 25.1 Å². The van der Waals surface area contributed by atoms with Crippen LogP contribution in [0.25, 0.3) is 0 Å². The highest BCUT2D eigenvalue weighted by atomic mass is 16.5. The summed E-state index contributed by atoms with van der Waals surface area (Å²) >= 11 is 0. The Balaban J connectivity index is 2.25. The first-order valence-electron chi connectivity index (χ1n) is 9.85. The van der Waals surface area contributed by atoms with Crippen molar-refractivity contribution in [3.63, 3.8) is 0 Å². The molecule has 1 amide bonds. The third-order valence-corrected chi connectivity index (χ3v) is 4.82. The van der Waals surface area contributed by atoms with Crippen LogP contribution in [-0.4, -0.2) is 37.3 Å². The maximum absolute atomic E-state index is 13.1. The second kappa shape index (κ2) is 9.74. The lowest BCUT2D eigenvalue weighted by molar-refractivity contribution is -0.147. The number of hydrogen-bond acceptors (Lipinski definition) is 5. The number of hydrogen-bond donors (Lipinski definition) is 1. The second-order valence-corrected chi connectivity index (χ2v) is 6.95. The monoisotopic (exact) mass is 377 g/mol. The first-order valence-corrected chi connectivity index (χ1v) is 9.85. The topological polar surface area (TPSA) is 73.9 Å². The largest absolute Gasteiger partial charge is 0.493 e. The molecule has 6 heteroatoms. The van der Waals surface area contributed by atoms with Crippen molar-refractivity contribution in [2.24, 2.45) is 5.92 Å². The third-order valence-electron chi connectivity index (χ3n) is 4.82. The Kier molecular flexibility index (Phi) is 7.66. The number of ether oxygens (including phenoxy) is 3. The molecule has 0 radical (unpaired) electrons. The molecule has 1 aliphatic carbocycles. The van der Waals surface area contributed by atoms with Crippen molar-refractivity contribution < 1.29 is 23.8 Å². The van der Waals surface area contributed by atoms with Crippen LogP contribution < -0.4 is 10.1 Å². The van der Waals surface area contributed by atoms with Gasteiger partial charge >= 0.3 is 5.97 Å². The average molecular weight is 377 g/mol. The van der Waals surface area contributed by atoms with Crippen molar-refractivity contribution in [1.82, 2.24) is 0 Å². The lowest BCUT2D eigenvalue weighted by Crippen LogP contribution is -2.48. The summed E-state index contributed by atoms with van der Waals surface area (Å²) in [5, 5.41) is 2.94. The van der Waals surface area contributed by atoms with E-state index in [0.717, 1.165) is 12.8 Å². The fourth-order valence-electron chi connectivity index (χ4n) is 3.68. The van der Waals surface area contributed by atoms with Gasteiger partial charge in [0.25, 0.3) is 5.91 Å². The molecule has 1 saturated carbocycles. The Hall–Kier alpha value is -2.08. The highest BCUT2D eigenvalue weighted by molar-refractivity contribution is 5.99. The zero-order valence-corrected chi connectivity index (χ0v) is 16.8. The summed E-state index contributed by atoms with van der Waals surface area (Å²) in [7, 11) is 0. The Morgan fingerprint density at radius 2 is 1.96 bits per heavy atom. The summed E-state index contributed by atoms with van der Waals surface area (Å²) in [5.41, 5.74) is 0.0255. The smallest absolute Gasteiger partial charge is 0.341 e. The molecule has 1 N–H and O–H groups in total. The number of esters is 1. The minimum atomic E-state index is -0.810. The number of benzene rings is 1. The van der Waals surface area contributed by atoms with Gasteiger partial charge in [-0.1, -0.05) is 13.3 Å². The van der Waals surface area contributed by atoms with Crippen LogP contribution in [0.15, 0.2) is 18.2 Å². The van der Waals surface area contributed by atoms with Crippen molar-refractivity contribution in [2.45, 2.75) is 59.0 Å². The predicted molar refractivity (Wildman–Crippen MR) is 104 cm³/mol. The fourth-order valence-corrected chi connectivity index (χ4v) is 3.68. The molecule has 27 heavy (non-hydrogen) atoms. The van der Waals surface area contributed by atoms with Gasteiger partial charge in [-0.15, -0.1) is 0 Å². The van der Waals surface area contributed by atoms with Gasteiger partial charge in [-0.25, -0.2) is 4.79 Å². The molecule has 1 aromatic carbocycles. The molecule has 1 aliphatic rings. The normalized spacial score (nSPS) is 22.1. The van der Waals surface area contributed by atoms with Crippen LogP contribution in [0, 0.1) is 5.92 Å². The molecule has 2 rings (SSSR count). The predicted octanol–water partition coefficient (Wildman–Crippen LogP) is 4.19. The number of carbonyl (C=O) groups excluding carboxylic acids is 2. The molecule has 0 saturated heterocycles. The van der Waals surface area contributed by atoms with E-state index in [9.17, 15) is 9.59 Å². The molecule has 6 nitrogen and oxygen atoms in total. The average Bonchev–Trinajstić information content (AvgIpc) is 2.63. The van der Waals surface area contributed by atoms with Crippen molar-refractivity contribution >= 4 is 17.6 Å². The van der Waals surface area contributed by atoms with Crippen LogP contribution in [-0.2, 0) is 14.3 Å². The first-order chi connectivity index (χ1) is 13.0.